The van der Waals surface area contributed by atoms with Crippen LogP contribution in [0.25, 0.3) is 0 Å². The van der Waals surface area contributed by atoms with Crippen LogP contribution in [0, 0.1) is 5.82 Å². The van der Waals surface area contributed by atoms with Gasteiger partial charge in [0, 0.05) is 4.90 Å². The predicted molar refractivity (Wildman–Crippen MR) is 81.6 cm³/mol. The molecule has 0 saturated carbocycles. The van der Waals surface area contributed by atoms with Crippen molar-refractivity contribution in [3.63, 3.8) is 0 Å². The number of benzene rings is 1. The van der Waals surface area contributed by atoms with Crippen LogP contribution < -0.4 is 5.73 Å². The number of esters is 1. The summed E-state index contributed by atoms with van der Waals surface area (Å²) in [5.74, 6) is -0.881. The Kier molecular flexibility index (Phi) is 5.71. The van der Waals surface area contributed by atoms with Gasteiger partial charge in [-0.3, -0.25) is 4.79 Å². The fraction of sp³-hybridized carbons (Fsp3) is 0.500. The van der Waals surface area contributed by atoms with Crippen molar-refractivity contribution in [3.05, 3.63) is 23.0 Å². The van der Waals surface area contributed by atoms with Crippen molar-refractivity contribution >= 4 is 35.0 Å². The van der Waals surface area contributed by atoms with E-state index in [9.17, 15) is 9.18 Å². The van der Waals surface area contributed by atoms with Crippen LogP contribution >= 0.6 is 23.4 Å². The maximum Gasteiger partial charge on any atom is 0.319 e. The number of nitrogen functional groups attached to an aromatic ring is 1. The molecule has 0 aliphatic heterocycles. The third kappa shape index (κ3) is 4.87. The normalized spacial score (nSPS) is 13.1. The second kappa shape index (κ2) is 6.68. The van der Waals surface area contributed by atoms with Crippen LogP contribution in [0.5, 0.6) is 0 Å². The highest BCUT2D eigenvalue weighted by Crippen LogP contribution is 2.35. The number of halogens is 2. The number of anilines is 1. The Hall–Kier alpha value is -0.940. The van der Waals surface area contributed by atoms with Gasteiger partial charge in [-0.05, 0) is 39.3 Å². The number of hydrogen-bond acceptors (Lipinski definition) is 4. The largest absolute Gasteiger partial charge is 0.459 e. The number of thioether (sulfide) groups is 1. The van der Waals surface area contributed by atoms with Gasteiger partial charge < -0.3 is 10.5 Å². The lowest BCUT2D eigenvalue weighted by molar-refractivity contribution is -0.154. The molecule has 0 heterocycles. The van der Waals surface area contributed by atoms with Crippen molar-refractivity contribution in [2.45, 2.75) is 49.9 Å². The lowest BCUT2D eigenvalue weighted by Crippen LogP contribution is -2.29. The summed E-state index contributed by atoms with van der Waals surface area (Å²) >= 11 is 7.21. The van der Waals surface area contributed by atoms with Gasteiger partial charge in [0.1, 0.15) is 16.7 Å². The molecule has 1 aromatic carbocycles. The highest BCUT2D eigenvalue weighted by atomic mass is 35.5. The fourth-order valence-electron chi connectivity index (χ4n) is 1.45. The van der Waals surface area contributed by atoms with E-state index in [0.29, 0.717) is 11.3 Å². The maximum atomic E-state index is 13.2. The van der Waals surface area contributed by atoms with E-state index in [1.54, 1.807) is 0 Å². The molecule has 0 fully saturated rings. The smallest absolute Gasteiger partial charge is 0.319 e. The van der Waals surface area contributed by atoms with Gasteiger partial charge in [-0.25, -0.2) is 4.39 Å². The lowest BCUT2D eigenvalue weighted by atomic mass is 10.2. The maximum absolute atomic E-state index is 13.2. The van der Waals surface area contributed by atoms with E-state index in [2.05, 4.69) is 0 Å². The topological polar surface area (TPSA) is 52.3 Å². The molecule has 1 aromatic rings. The number of rotatable bonds is 4. The Labute approximate surface area is 128 Å². The molecular weight excluding hydrogens is 301 g/mol. The molecule has 0 spiro atoms. The van der Waals surface area contributed by atoms with Gasteiger partial charge in [-0.2, -0.15) is 0 Å². The quantitative estimate of drug-likeness (QED) is 0.511. The van der Waals surface area contributed by atoms with Crippen LogP contribution in [0.15, 0.2) is 17.0 Å². The van der Waals surface area contributed by atoms with Crippen LogP contribution in [-0.2, 0) is 9.53 Å². The monoisotopic (exact) mass is 319 g/mol. The van der Waals surface area contributed by atoms with E-state index < -0.39 is 16.7 Å². The second-order valence-electron chi connectivity index (χ2n) is 5.35. The molecule has 20 heavy (non-hydrogen) atoms. The molecule has 1 rings (SSSR count). The van der Waals surface area contributed by atoms with Gasteiger partial charge >= 0.3 is 5.97 Å². The van der Waals surface area contributed by atoms with Crippen LogP contribution in [0.3, 0.4) is 0 Å². The Morgan fingerprint density at radius 2 is 2.10 bits per heavy atom. The number of carbonyl (C=O) groups excluding carboxylic acids is 1. The number of carbonyl (C=O) groups is 1. The summed E-state index contributed by atoms with van der Waals surface area (Å²) in [4.78, 5) is 12.6. The van der Waals surface area contributed by atoms with Crippen LogP contribution in [0.2, 0.25) is 5.02 Å². The van der Waals surface area contributed by atoms with E-state index in [1.807, 2.05) is 27.7 Å². The van der Waals surface area contributed by atoms with E-state index in [4.69, 9.17) is 22.1 Å². The zero-order chi connectivity index (χ0) is 15.5. The molecule has 0 aliphatic carbocycles. The molecule has 1 unspecified atom stereocenters. The van der Waals surface area contributed by atoms with Gasteiger partial charge in [0.15, 0.2) is 0 Å². The summed E-state index contributed by atoms with van der Waals surface area (Å²) in [6, 6.07) is 2.59. The molecule has 0 saturated heterocycles. The van der Waals surface area contributed by atoms with Crippen molar-refractivity contribution in [1.29, 1.82) is 0 Å². The molecule has 3 nitrogen and oxygen atoms in total. The second-order valence-corrected chi connectivity index (χ2v) is 7.00. The Balaban J connectivity index is 2.89. The molecule has 112 valence electrons. The molecule has 6 heteroatoms. The summed E-state index contributed by atoms with van der Waals surface area (Å²) in [6.45, 7) is 7.31. The molecule has 0 aromatic heterocycles. The first kappa shape index (κ1) is 17.1. The first-order valence-electron chi connectivity index (χ1n) is 6.28. The number of hydrogen-bond donors (Lipinski definition) is 1. The Morgan fingerprint density at radius 1 is 1.50 bits per heavy atom. The zero-order valence-corrected chi connectivity index (χ0v) is 13.6. The van der Waals surface area contributed by atoms with Crippen molar-refractivity contribution in [1.82, 2.24) is 0 Å². The van der Waals surface area contributed by atoms with Crippen molar-refractivity contribution < 1.29 is 13.9 Å². The molecule has 2 N–H and O–H groups in total. The fourth-order valence-corrected chi connectivity index (χ4v) is 2.72. The minimum atomic E-state index is -0.565. The average molecular weight is 320 g/mol. The summed E-state index contributed by atoms with van der Waals surface area (Å²) in [5, 5.41) is -0.166. The first-order valence-corrected chi connectivity index (χ1v) is 7.54. The van der Waals surface area contributed by atoms with Crippen LogP contribution in [-0.4, -0.2) is 16.8 Å². The Morgan fingerprint density at radius 3 is 2.60 bits per heavy atom. The van der Waals surface area contributed by atoms with Crippen molar-refractivity contribution in [3.8, 4) is 0 Å². The summed E-state index contributed by atoms with van der Waals surface area (Å²) in [5.41, 5.74) is 4.99. The molecule has 1 atom stereocenters. The number of ether oxygens (including phenoxy) is 1. The van der Waals surface area contributed by atoms with E-state index in [-0.39, 0.29) is 16.7 Å². The average Bonchev–Trinajstić information content (AvgIpc) is 2.29. The SMILES string of the molecule is CCC(Sc1cc(N)c(F)cc1Cl)C(=O)OC(C)(C)C. The predicted octanol–water partition coefficient (Wildman–Crippen LogP) is 4.27. The Bertz CT molecular complexity index is 503. The van der Waals surface area contributed by atoms with E-state index in [1.165, 1.54) is 17.8 Å². The minimum absolute atomic E-state index is 0.0101. The third-order valence-corrected chi connectivity index (χ3v) is 4.19. The van der Waals surface area contributed by atoms with Gasteiger partial charge in [-0.15, -0.1) is 11.8 Å². The standard InChI is InChI=1S/C14H19ClFNO2S/c1-5-11(13(18)19-14(2,3)4)20-12-7-10(17)9(16)6-8(12)15/h6-7,11H,5,17H2,1-4H3. The van der Waals surface area contributed by atoms with Gasteiger partial charge in [-0.1, -0.05) is 18.5 Å². The van der Waals surface area contributed by atoms with E-state index >= 15 is 0 Å². The molecule has 0 aliphatic rings. The molecule has 0 amide bonds. The minimum Gasteiger partial charge on any atom is -0.459 e. The van der Waals surface area contributed by atoms with Crippen molar-refractivity contribution in [2.75, 3.05) is 5.73 Å². The molecule has 0 bridgehead atoms. The first-order chi connectivity index (χ1) is 9.14. The lowest BCUT2D eigenvalue weighted by Gasteiger charge is -2.23. The third-order valence-electron chi connectivity index (χ3n) is 2.36. The van der Waals surface area contributed by atoms with Gasteiger partial charge in [0.25, 0.3) is 0 Å². The van der Waals surface area contributed by atoms with Crippen molar-refractivity contribution in [2.24, 2.45) is 0 Å². The summed E-state index contributed by atoms with van der Waals surface area (Å²) in [6.07, 6.45) is 0.577. The van der Waals surface area contributed by atoms with E-state index in [0.717, 1.165) is 6.07 Å². The summed E-state index contributed by atoms with van der Waals surface area (Å²) < 4.78 is 18.6. The van der Waals surface area contributed by atoms with Crippen LogP contribution in [0.1, 0.15) is 34.1 Å². The highest BCUT2D eigenvalue weighted by molar-refractivity contribution is 8.00. The van der Waals surface area contributed by atoms with Gasteiger partial charge in [0.2, 0.25) is 0 Å². The number of nitrogens with two attached hydrogens (primary N) is 1. The van der Waals surface area contributed by atoms with Crippen LogP contribution in [0.4, 0.5) is 10.1 Å². The van der Waals surface area contributed by atoms with Gasteiger partial charge in [0.05, 0.1) is 10.7 Å². The zero-order valence-electron chi connectivity index (χ0n) is 12.0. The highest BCUT2D eigenvalue weighted by Gasteiger charge is 2.25. The summed E-state index contributed by atoms with van der Waals surface area (Å²) in [7, 11) is 0. The molecule has 0 radical (unpaired) electrons. The molecular formula is C14H19ClFNO2S.